The predicted molar refractivity (Wildman–Crippen MR) is 121 cm³/mol. The number of benzene rings is 1. The van der Waals surface area contributed by atoms with Crippen molar-refractivity contribution in [2.75, 3.05) is 31.5 Å². The minimum atomic E-state index is -3.50. The first-order chi connectivity index (χ1) is 14.5. The molecule has 0 aliphatic carbocycles. The second-order valence-corrected chi connectivity index (χ2v) is 11.9. The van der Waals surface area contributed by atoms with Crippen LogP contribution in [0.3, 0.4) is 0 Å². The van der Waals surface area contributed by atoms with Gasteiger partial charge in [0.25, 0.3) is 0 Å². The van der Waals surface area contributed by atoms with E-state index in [1.807, 2.05) is 25.7 Å². The Balaban J connectivity index is 1.57. The van der Waals surface area contributed by atoms with Gasteiger partial charge >= 0.3 is 0 Å². The number of nitrogens with zero attached hydrogens (tertiary/aromatic N) is 2. The molecule has 0 aromatic heterocycles. The molecule has 0 spiro atoms. The molecule has 1 atom stereocenters. The highest BCUT2D eigenvalue weighted by molar-refractivity contribution is 7.89. The highest BCUT2D eigenvalue weighted by Gasteiger charge is 2.32. The average Bonchev–Trinajstić information content (AvgIpc) is 2.73. The Bertz CT molecular complexity index is 898. The van der Waals surface area contributed by atoms with Crippen LogP contribution in [0.25, 0.3) is 0 Å². The fraction of sp³-hybridized carbons (Fsp3) is 0.652. The van der Waals surface area contributed by atoms with Crippen LogP contribution in [0.5, 0.6) is 0 Å². The molecule has 0 radical (unpaired) electrons. The summed E-state index contributed by atoms with van der Waals surface area (Å²) in [6, 6.07) is 6.43. The number of likely N-dealkylation sites (tertiary alicyclic amines) is 1. The minimum Gasteiger partial charge on any atom is -0.342 e. The topological polar surface area (TPSA) is 86.8 Å². The molecule has 1 aromatic carbocycles. The van der Waals surface area contributed by atoms with E-state index in [1.54, 1.807) is 28.6 Å². The molecule has 172 valence electrons. The summed E-state index contributed by atoms with van der Waals surface area (Å²) >= 11 is 0. The van der Waals surface area contributed by atoms with E-state index < -0.39 is 15.4 Å². The summed E-state index contributed by atoms with van der Waals surface area (Å²) in [6.45, 7) is 10.1. The summed E-state index contributed by atoms with van der Waals surface area (Å²) in [6.07, 6.45) is 3.20. The Hall–Kier alpha value is -1.93. The number of rotatable bonds is 4. The van der Waals surface area contributed by atoms with Gasteiger partial charge in [-0.3, -0.25) is 9.59 Å². The maximum absolute atomic E-state index is 12.9. The molecule has 7 nitrogen and oxygen atoms in total. The summed E-state index contributed by atoms with van der Waals surface area (Å²) in [4.78, 5) is 27.2. The van der Waals surface area contributed by atoms with Crippen molar-refractivity contribution >= 4 is 27.5 Å². The molecular weight excluding hydrogens is 414 g/mol. The third-order valence-corrected chi connectivity index (χ3v) is 8.05. The van der Waals surface area contributed by atoms with Crippen LogP contribution in [-0.4, -0.2) is 55.6 Å². The molecule has 8 heteroatoms. The fourth-order valence-corrected chi connectivity index (χ4v) is 5.89. The van der Waals surface area contributed by atoms with Crippen molar-refractivity contribution in [3.8, 4) is 0 Å². The molecular formula is C23H35N3O4S. The van der Waals surface area contributed by atoms with Crippen molar-refractivity contribution in [1.29, 1.82) is 0 Å². The van der Waals surface area contributed by atoms with Crippen LogP contribution in [-0.2, 0) is 19.6 Å². The van der Waals surface area contributed by atoms with Crippen LogP contribution in [0.2, 0.25) is 0 Å². The van der Waals surface area contributed by atoms with Gasteiger partial charge in [0.2, 0.25) is 21.8 Å². The standard InChI is InChI=1S/C23H35N3O4S/c1-17-6-5-13-26(16-17)31(29,30)20-9-7-19(8-10-20)24-21(27)18-11-14-25(15-12-18)22(28)23(2,3)4/h7-10,17-18H,5-6,11-16H2,1-4H3,(H,24,27)/t17-/m0/s1. The molecule has 2 saturated heterocycles. The Labute approximate surface area is 186 Å². The van der Waals surface area contributed by atoms with E-state index in [0.717, 1.165) is 12.8 Å². The second-order valence-electron chi connectivity index (χ2n) is 9.94. The molecule has 0 bridgehead atoms. The summed E-state index contributed by atoms with van der Waals surface area (Å²) in [5, 5.41) is 2.90. The third-order valence-electron chi connectivity index (χ3n) is 6.17. The lowest BCUT2D eigenvalue weighted by molar-refractivity contribution is -0.142. The van der Waals surface area contributed by atoms with E-state index >= 15 is 0 Å². The molecule has 2 heterocycles. The van der Waals surface area contributed by atoms with Crippen molar-refractivity contribution in [2.24, 2.45) is 17.3 Å². The number of hydrogen-bond acceptors (Lipinski definition) is 4. The zero-order chi connectivity index (χ0) is 22.8. The van der Waals surface area contributed by atoms with Crippen molar-refractivity contribution in [3.05, 3.63) is 24.3 Å². The van der Waals surface area contributed by atoms with Crippen LogP contribution >= 0.6 is 0 Å². The first-order valence-corrected chi connectivity index (χ1v) is 12.6. The predicted octanol–water partition coefficient (Wildman–Crippen LogP) is 3.33. The highest BCUT2D eigenvalue weighted by atomic mass is 32.2. The number of nitrogens with one attached hydrogen (secondary N) is 1. The maximum atomic E-state index is 12.9. The summed E-state index contributed by atoms with van der Waals surface area (Å²) in [5.74, 6) is 0.254. The first kappa shape index (κ1) is 23.7. The van der Waals surface area contributed by atoms with Crippen molar-refractivity contribution in [3.63, 3.8) is 0 Å². The third kappa shape index (κ3) is 5.66. The highest BCUT2D eigenvalue weighted by Crippen LogP contribution is 2.26. The molecule has 2 aliphatic rings. The molecule has 2 aliphatic heterocycles. The maximum Gasteiger partial charge on any atom is 0.243 e. The Morgan fingerprint density at radius 1 is 1.00 bits per heavy atom. The van der Waals surface area contributed by atoms with Crippen LogP contribution in [0.4, 0.5) is 5.69 Å². The van der Waals surface area contributed by atoms with E-state index in [4.69, 9.17) is 0 Å². The van der Waals surface area contributed by atoms with E-state index in [9.17, 15) is 18.0 Å². The number of amides is 2. The lowest BCUT2D eigenvalue weighted by atomic mass is 9.90. The second kappa shape index (κ2) is 9.28. The van der Waals surface area contributed by atoms with Gasteiger partial charge in [0.15, 0.2) is 0 Å². The van der Waals surface area contributed by atoms with Crippen LogP contribution in [0.15, 0.2) is 29.2 Å². The molecule has 2 amide bonds. The fourth-order valence-electron chi connectivity index (χ4n) is 4.29. The molecule has 1 N–H and O–H groups in total. The van der Waals surface area contributed by atoms with Gasteiger partial charge in [-0.2, -0.15) is 4.31 Å². The van der Waals surface area contributed by atoms with Gasteiger partial charge in [-0.25, -0.2) is 8.42 Å². The zero-order valence-electron chi connectivity index (χ0n) is 19.1. The van der Waals surface area contributed by atoms with E-state index in [1.165, 1.54) is 0 Å². The Morgan fingerprint density at radius 3 is 2.16 bits per heavy atom. The van der Waals surface area contributed by atoms with Gasteiger partial charge in [-0.1, -0.05) is 27.7 Å². The number of piperidine rings is 2. The van der Waals surface area contributed by atoms with Gasteiger partial charge < -0.3 is 10.2 Å². The van der Waals surface area contributed by atoms with Crippen LogP contribution in [0, 0.1) is 17.3 Å². The van der Waals surface area contributed by atoms with E-state index in [2.05, 4.69) is 12.2 Å². The number of carbonyl (C=O) groups is 2. The van der Waals surface area contributed by atoms with Gasteiger partial charge in [-0.05, 0) is 55.9 Å². The molecule has 0 unspecified atom stereocenters. The first-order valence-electron chi connectivity index (χ1n) is 11.2. The smallest absolute Gasteiger partial charge is 0.243 e. The normalized spacial score (nSPS) is 21.7. The number of anilines is 1. The van der Waals surface area contributed by atoms with Gasteiger partial charge in [0, 0.05) is 43.2 Å². The summed E-state index contributed by atoms with van der Waals surface area (Å²) in [7, 11) is -3.50. The van der Waals surface area contributed by atoms with E-state index in [-0.39, 0.29) is 22.6 Å². The van der Waals surface area contributed by atoms with E-state index in [0.29, 0.717) is 50.6 Å². The van der Waals surface area contributed by atoms with Crippen molar-refractivity contribution in [1.82, 2.24) is 9.21 Å². The monoisotopic (exact) mass is 449 g/mol. The zero-order valence-corrected chi connectivity index (χ0v) is 19.9. The van der Waals surface area contributed by atoms with Gasteiger partial charge in [0.05, 0.1) is 4.90 Å². The number of carbonyl (C=O) groups excluding carboxylic acids is 2. The largest absolute Gasteiger partial charge is 0.342 e. The number of sulfonamides is 1. The lowest BCUT2D eigenvalue weighted by Crippen LogP contribution is -2.45. The molecule has 31 heavy (non-hydrogen) atoms. The van der Waals surface area contributed by atoms with Crippen molar-refractivity contribution in [2.45, 2.75) is 58.3 Å². The van der Waals surface area contributed by atoms with Crippen molar-refractivity contribution < 1.29 is 18.0 Å². The average molecular weight is 450 g/mol. The summed E-state index contributed by atoms with van der Waals surface area (Å²) < 4.78 is 27.3. The Morgan fingerprint density at radius 2 is 1.61 bits per heavy atom. The molecule has 2 fully saturated rings. The SMILES string of the molecule is C[C@H]1CCCN(S(=O)(=O)c2ccc(NC(=O)C3CCN(C(=O)C(C)(C)C)CC3)cc2)C1. The Kier molecular flexibility index (Phi) is 7.11. The number of hydrogen-bond donors (Lipinski definition) is 1. The minimum absolute atomic E-state index is 0.0803. The van der Waals surface area contributed by atoms with Crippen LogP contribution in [0.1, 0.15) is 53.4 Å². The molecule has 1 aromatic rings. The molecule has 3 rings (SSSR count). The summed E-state index contributed by atoms with van der Waals surface area (Å²) in [5.41, 5.74) is 0.174. The quantitative estimate of drug-likeness (QED) is 0.764. The van der Waals surface area contributed by atoms with Gasteiger partial charge in [-0.15, -0.1) is 0 Å². The lowest BCUT2D eigenvalue weighted by Gasteiger charge is -2.35. The van der Waals surface area contributed by atoms with Gasteiger partial charge in [0.1, 0.15) is 0 Å². The van der Waals surface area contributed by atoms with Crippen LogP contribution < -0.4 is 5.32 Å². The molecule has 0 saturated carbocycles.